The summed E-state index contributed by atoms with van der Waals surface area (Å²) in [6, 6.07) is 11.5. The van der Waals surface area contributed by atoms with Gasteiger partial charge in [0.25, 0.3) is 11.5 Å². The van der Waals surface area contributed by atoms with Crippen LogP contribution >= 0.6 is 0 Å². The van der Waals surface area contributed by atoms with Crippen molar-refractivity contribution in [3.63, 3.8) is 0 Å². The van der Waals surface area contributed by atoms with E-state index in [1.807, 2.05) is 42.2 Å². The van der Waals surface area contributed by atoms with Crippen LogP contribution in [0.2, 0.25) is 0 Å². The molecule has 1 saturated heterocycles. The number of ether oxygens (including phenoxy) is 1. The quantitative estimate of drug-likeness (QED) is 0.903. The van der Waals surface area contributed by atoms with E-state index in [1.165, 1.54) is 0 Å². The number of carbonyl (C=O) groups excluding carboxylic acids is 1. The molecule has 136 valence electrons. The Bertz CT molecular complexity index is 872. The van der Waals surface area contributed by atoms with Crippen LogP contribution in [-0.4, -0.2) is 41.1 Å². The van der Waals surface area contributed by atoms with Gasteiger partial charge in [0, 0.05) is 12.2 Å². The number of amides is 1. The van der Waals surface area contributed by atoms with Gasteiger partial charge in [-0.05, 0) is 43.5 Å². The van der Waals surface area contributed by atoms with E-state index in [-0.39, 0.29) is 29.2 Å². The molecule has 1 aromatic carbocycles. The molecule has 0 radical (unpaired) electrons. The lowest BCUT2D eigenvalue weighted by atomic mass is 9.90. The predicted molar refractivity (Wildman–Crippen MR) is 100 cm³/mol. The summed E-state index contributed by atoms with van der Waals surface area (Å²) < 4.78 is 5.84. The van der Waals surface area contributed by atoms with E-state index in [0.717, 1.165) is 42.5 Å². The number of H-pyrrole nitrogens is 1. The van der Waals surface area contributed by atoms with E-state index in [9.17, 15) is 9.59 Å². The van der Waals surface area contributed by atoms with Gasteiger partial charge in [0.2, 0.25) is 0 Å². The summed E-state index contributed by atoms with van der Waals surface area (Å²) in [5, 5.41) is 0. The molecule has 2 heterocycles. The Morgan fingerprint density at radius 2 is 2.04 bits per heavy atom. The molecule has 2 atom stereocenters. The molecule has 1 aliphatic carbocycles. The molecule has 1 amide bonds. The van der Waals surface area contributed by atoms with Gasteiger partial charge in [0.1, 0.15) is 5.56 Å². The van der Waals surface area contributed by atoms with Gasteiger partial charge < -0.3 is 14.6 Å². The van der Waals surface area contributed by atoms with Gasteiger partial charge in [0.05, 0.1) is 18.8 Å². The average molecular weight is 352 g/mol. The molecule has 1 aliphatic heterocycles. The van der Waals surface area contributed by atoms with Crippen LogP contribution in [0.4, 0.5) is 0 Å². The van der Waals surface area contributed by atoms with E-state index >= 15 is 0 Å². The van der Waals surface area contributed by atoms with Crippen LogP contribution in [0.25, 0.3) is 11.3 Å². The van der Waals surface area contributed by atoms with Gasteiger partial charge in [-0.3, -0.25) is 9.59 Å². The van der Waals surface area contributed by atoms with Crippen molar-refractivity contribution in [2.75, 3.05) is 13.2 Å². The highest BCUT2D eigenvalue weighted by Gasteiger charge is 2.37. The molecule has 4 rings (SSSR count). The zero-order valence-corrected chi connectivity index (χ0v) is 15.0. The SMILES string of the molecule is Cc1cccc(-c2ccc(C(=O)N3CCO[C@H]4CCCC[C@@H]43)c(=O)[nH]2)c1. The number of benzene rings is 1. The van der Waals surface area contributed by atoms with Crippen LogP contribution < -0.4 is 5.56 Å². The molecule has 0 spiro atoms. The molecule has 2 aromatic rings. The fourth-order valence-corrected chi connectivity index (χ4v) is 4.13. The topological polar surface area (TPSA) is 62.4 Å². The first-order valence-electron chi connectivity index (χ1n) is 9.36. The van der Waals surface area contributed by atoms with Crippen LogP contribution in [-0.2, 0) is 4.74 Å². The number of hydrogen-bond acceptors (Lipinski definition) is 3. The summed E-state index contributed by atoms with van der Waals surface area (Å²) in [6.45, 7) is 3.11. The second-order valence-corrected chi connectivity index (χ2v) is 7.24. The third kappa shape index (κ3) is 3.19. The molecule has 5 nitrogen and oxygen atoms in total. The molecule has 5 heteroatoms. The van der Waals surface area contributed by atoms with E-state index < -0.39 is 0 Å². The van der Waals surface area contributed by atoms with Crippen molar-refractivity contribution in [3.8, 4) is 11.3 Å². The number of rotatable bonds is 2. The number of aromatic amines is 1. The molecule has 1 N–H and O–H groups in total. The summed E-state index contributed by atoms with van der Waals surface area (Å²) in [7, 11) is 0. The number of hydrogen-bond donors (Lipinski definition) is 1. The summed E-state index contributed by atoms with van der Waals surface area (Å²) in [4.78, 5) is 30.4. The van der Waals surface area contributed by atoms with Crippen LogP contribution in [0.1, 0.15) is 41.6 Å². The number of morpholine rings is 1. The molecule has 0 unspecified atom stereocenters. The Morgan fingerprint density at radius 3 is 2.85 bits per heavy atom. The number of nitrogens with zero attached hydrogens (tertiary/aromatic N) is 1. The normalized spacial score (nSPS) is 22.7. The molecule has 2 fully saturated rings. The maximum atomic E-state index is 13.0. The first-order chi connectivity index (χ1) is 12.6. The van der Waals surface area contributed by atoms with Crippen LogP contribution in [0, 0.1) is 6.92 Å². The number of aromatic nitrogens is 1. The van der Waals surface area contributed by atoms with E-state index in [0.29, 0.717) is 13.2 Å². The summed E-state index contributed by atoms with van der Waals surface area (Å²) in [5.41, 5.74) is 2.69. The number of carbonyl (C=O) groups is 1. The largest absolute Gasteiger partial charge is 0.374 e. The highest BCUT2D eigenvalue weighted by Crippen LogP contribution is 2.29. The Labute approximate surface area is 153 Å². The number of nitrogens with one attached hydrogen (secondary N) is 1. The molecule has 1 aromatic heterocycles. The minimum absolute atomic E-state index is 0.0980. The van der Waals surface area contributed by atoms with Crippen molar-refractivity contribution in [3.05, 3.63) is 57.9 Å². The van der Waals surface area contributed by atoms with Gasteiger partial charge in [-0.25, -0.2) is 0 Å². The standard InChI is InChI=1S/C21H24N2O3/c1-14-5-4-6-15(13-14)17-10-9-16(20(24)22-17)21(25)23-11-12-26-19-8-3-2-7-18(19)23/h4-6,9-10,13,18-19H,2-3,7-8,11-12H2,1H3,(H,22,24)/t18-,19-/m0/s1. The lowest BCUT2D eigenvalue weighted by molar-refractivity contribution is -0.0753. The molecule has 0 bridgehead atoms. The Kier molecular flexibility index (Phi) is 4.64. The number of pyridine rings is 1. The molecular formula is C21H24N2O3. The third-order valence-corrected chi connectivity index (χ3v) is 5.46. The molecule has 1 saturated carbocycles. The fourth-order valence-electron chi connectivity index (χ4n) is 4.13. The Hall–Kier alpha value is -2.40. The second kappa shape index (κ2) is 7.08. The van der Waals surface area contributed by atoms with E-state index in [4.69, 9.17) is 4.74 Å². The summed E-state index contributed by atoms with van der Waals surface area (Å²) >= 11 is 0. The predicted octanol–water partition coefficient (Wildman–Crippen LogP) is 3.13. The first kappa shape index (κ1) is 17.0. The Morgan fingerprint density at radius 1 is 1.19 bits per heavy atom. The van der Waals surface area contributed by atoms with Gasteiger partial charge >= 0.3 is 0 Å². The van der Waals surface area contributed by atoms with Gasteiger partial charge in [-0.2, -0.15) is 0 Å². The first-order valence-corrected chi connectivity index (χ1v) is 9.36. The van der Waals surface area contributed by atoms with Crippen molar-refractivity contribution in [1.29, 1.82) is 0 Å². The van der Waals surface area contributed by atoms with Crippen molar-refractivity contribution in [1.82, 2.24) is 9.88 Å². The average Bonchev–Trinajstić information content (AvgIpc) is 2.67. The number of aryl methyl sites for hydroxylation is 1. The fraction of sp³-hybridized carbons (Fsp3) is 0.429. The zero-order valence-electron chi connectivity index (χ0n) is 15.0. The van der Waals surface area contributed by atoms with Crippen molar-refractivity contribution in [2.45, 2.75) is 44.8 Å². The maximum Gasteiger partial charge on any atom is 0.261 e. The van der Waals surface area contributed by atoms with Gasteiger partial charge in [-0.15, -0.1) is 0 Å². The smallest absolute Gasteiger partial charge is 0.261 e. The van der Waals surface area contributed by atoms with E-state index in [1.54, 1.807) is 6.07 Å². The minimum atomic E-state index is -0.326. The second-order valence-electron chi connectivity index (χ2n) is 7.24. The van der Waals surface area contributed by atoms with Gasteiger partial charge in [-0.1, -0.05) is 36.6 Å². The van der Waals surface area contributed by atoms with Crippen molar-refractivity contribution in [2.24, 2.45) is 0 Å². The minimum Gasteiger partial charge on any atom is -0.374 e. The van der Waals surface area contributed by atoms with Crippen LogP contribution in [0.5, 0.6) is 0 Å². The molecule has 26 heavy (non-hydrogen) atoms. The third-order valence-electron chi connectivity index (χ3n) is 5.46. The van der Waals surface area contributed by atoms with Crippen molar-refractivity contribution < 1.29 is 9.53 Å². The van der Waals surface area contributed by atoms with Crippen molar-refractivity contribution >= 4 is 5.91 Å². The highest BCUT2D eigenvalue weighted by atomic mass is 16.5. The lowest BCUT2D eigenvalue weighted by Crippen LogP contribution is -2.55. The van der Waals surface area contributed by atoms with Crippen LogP contribution in [0.3, 0.4) is 0 Å². The summed E-state index contributed by atoms with van der Waals surface area (Å²) in [6.07, 6.45) is 4.32. The number of fused-ring (bicyclic) bond motifs is 1. The molecule has 2 aliphatic rings. The van der Waals surface area contributed by atoms with Crippen LogP contribution in [0.15, 0.2) is 41.2 Å². The Balaban J connectivity index is 1.61. The zero-order chi connectivity index (χ0) is 18.1. The highest BCUT2D eigenvalue weighted by molar-refractivity contribution is 5.94. The molecular weight excluding hydrogens is 328 g/mol. The lowest BCUT2D eigenvalue weighted by Gasteiger charge is -2.43. The van der Waals surface area contributed by atoms with Gasteiger partial charge in [0.15, 0.2) is 0 Å². The summed E-state index contributed by atoms with van der Waals surface area (Å²) in [5.74, 6) is -0.178. The monoisotopic (exact) mass is 352 g/mol. The maximum absolute atomic E-state index is 13.0. The van der Waals surface area contributed by atoms with E-state index in [2.05, 4.69) is 4.98 Å².